The van der Waals surface area contributed by atoms with Gasteiger partial charge in [-0.05, 0) is 61.7 Å². The first kappa shape index (κ1) is 17.1. The van der Waals surface area contributed by atoms with E-state index in [0.29, 0.717) is 16.8 Å². The van der Waals surface area contributed by atoms with Crippen LogP contribution < -0.4 is 10.6 Å². The Kier molecular flexibility index (Phi) is 4.79. The number of nitrogens with one attached hydrogen (secondary N) is 2. The molecular formula is C19H18F2N2O2. The van der Waals surface area contributed by atoms with Gasteiger partial charge >= 0.3 is 0 Å². The van der Waals surface area contributed by atoms with Crippen molar-refractivity contribution in [2.45, 2.75) is 25.8 Å². The third kappa shape index (κ3) is 4.21. The summed E-state index contributed by atoms with van der Waals surface area (Å²) < 4.78 is 26.3. The summed E-state index contributed by atoms with van der Waals surface area (Å²) in [4.78, 5) is 24.0. The molecule has 0 unspecified atom stereocenters. The Hall–Kier alpha value is -2.76. The highest BCUT2D eigenvalue weighted by Crippen LogP contribution is 2.30. The number of hydrogen-bond donors (Lipinski definition) is 2. The minimum atomic E-state index is -0.950. The number of anilines is 1. The second kappa shape index (κ2) is 7.01. The molecule has 1 atom stereocenters. The van der Waals surface area contributed by atoms with Gasteiger partial charge in [-0.1, -0.05) is 6.07 Å². The Labute approximate surface area is 144 Å². The molecule has 130 valence electrons. The van der Waals surface area contributed by atoms with Gasteiger partial charge in [0.2, 0.25) is 5.91 Å². The molecule has 1 aliphatic rings. The Morgan fingerprint density at radius 1 is 1.04 bits per heavy atom. The number of amides is 2. The van der Waals surface area contributed by atoms with Gasteiger partial charge < -0.3 is 10.6 Å². The first-order valence-electron chi connectivity index (χ1n) is 8.11. The molecule has 0 bridgehead atoms. The zero-order valence-electron chi connectivity index (χ0n) is 13.7. The summed E-state index contributed by atoms with van der Waals surface area (Å²) in [7, 11) is 0. The van der Waals surface area contributed by atoms with E-state index in [2.05, 4.69) is 10.6 Å². The smallest absolute Gasteiger partial charge is 0.251 e. The fraction of sp³-hybridized carbons (Fsp3) is 0.263. The standard InChI is InChI=1S/C19H18F2N2O2/c1-11(14-6-9-16(20)17(21)10-14)22-18(24)13-4-7-15(8-5-13)23-19(25)12-2-3-12/h4-12H,2-3H2,1H3,(H,22,24)(H,23,25)/t11-/m1/s1. The summed E-state index contributed by atoms with van der Waals surface area (Å²) in [6.45, 7) is 1.69. The lowest BCUT2D eigenvalue weighted by molar-refractivity contribution is -0.117. The van der Waals surface area contributed by atoms with Crippen LogP contribution in [0.2, 0.25) is 0 Å². The van der Waals surface area contributed by atoms with Gasteiger partial charge in [-0.2, -0.15) is 0 Å². The first-order valence-corrected chi connectivity index (χ1v) is 8.11. The number of halogens is 2. The van der Waals surface area contributed by atoms with Crippen molar-refractivity contribution in [3.63, 3.8) is 0 Å². The van der Waals surface area contributed by atoms with Crippen LogP contribution in [0.25, 0.3) is 0 Å². The molecule has 0 saturated heterocycles. The average Bonchev–Trinajstić information content (AvgIpc) is 3.43. The minimum absolute atomic E-state index is 0.00385. The van der Waals surface area contributed by atoms with Gasteiger partial charge in [-0.25, -0.2) is 8.78 Å². The monoisotopic (exact) mass is 344 g/mol. The van der Waals surface area contributed by atoms with E-state index in [1.165, 1.54) is 6.07 Å². The highest BCUT2D eigenvalue weighted by molar-refractivity contribution is 5.96. The Bertz CT molecular complexity index is 802. The van der Waals surface area contributed by atoms with Crippen molar-refractivity contribution >= 4 is 17.5 Å². The van der Waals surface area contributed by atoms with Gasteiger partial charge in [0, 0.05) is 17.2 Å². The molecule has 0 radical (unpaired) electrons. The van der Waals surface area contributed by atoms with Crippen molar-refractivity contribution in [2.24, 2.45) is 5.92 Å². The van der Waals surface area contributed by atoms with Crippen molar-refractivity contribution < 1.29 is 18.4 Å². The van der Waals surface area contributed by atoms with Gasteiger partial charge in [0.15, 0.2) is 11.6 Å². The van der Waals surface area contributed by atoms with Crippen LogP contribution in [0, 0.1) is 17.6 Å². The molecule has 4 nitrogen and oxygen atoms in total. The summed E-state index contributed by atoms with van der Waals surface area (Å²) in [6.07, 6.45) is 1.85. The number of carbonyl (C=O) groups is 2. The molecule has 3 rings (SSSR count). The zero-order chi connectivity index (χ0) is 18.0. The average molecular weight is 344 g/mol. The van der Waals surface area contributed by atoms with E-state index >= 15 is 0 Å². The molecule has 2 aromatic rings. The maximum atomic E-state index is 13.3. The molecule has 1 saturated carbocycles. The molecule has 2 N–H and O–H groups in total. The Morgan fingerprint density at radius 3 is 2.32 bits per heavy atom. The maximum absolute atomic E-state index is 13.3. The van der Waals surface area contributed by atoms with Crippen LogP contribution in [0.3, 0.4) is 0 Å². The first-order chi connectivity index (χ1) is 11.9. The quantitative estimate of drug-likeness (QED) is 0.867. The van der Waals surface area contributed by atoms with E-state index in [0.717, 1.165) is 25.0 Å². The van der Waals surface area contributed by atoms with Gasteiger partial charge in [0.1, 0.15) is 0 Å². The lowest BCUT2D eigenvalue weighted by Gasteiger charge is -2.15. The molecule has 2 aromatic carbocycles. The predicted octanol–water partition coefficient (Wildman–Crippen LogP) is 3.80. The van der Waals surface area contributed by atoms with E-state index in [-0.39, 0.29) is 17.7 Å². The maximum Gasteiger partial charge on any atom is 0.251 e. The SMILES string of the molecule is C[C@@H](NC(=O)c1ccc(NC(=O)C2CC2)cc1)c1ccc(F)c(F)c1. The van der Waals surface area contributed by atoms with E-state index in [1.807, 2.05) is 0 Å². The number of carbonyl (C=O) groups excluding carboxylic acids is 2. The summed E-state index contributed by atoms with van der Waals surface area (Å²) in [5.41, 5.74) is 1.53. The highest BCUT2D eigenvalue weighted by atomic mass is 19.2. The molecule has 0 heterocycles. The largest absolute Gasteiger partial charge is 0.346 e. The Morgan fingerprint density at radius 2 is 1.72 bits per heavy atom. The summed E-state index contributed by atoms with van der Waals surface area (Å²) in [5.74, 6) is -2.10. The zero-order valence-corrected chi connectivity index (χ0v) is 13.7. The molecule has 6 heteroatoms. The lowest BCUT2D eigenvalue weighted by Crippen LogP contribution is -2.26. The second-order valence-corrected chi connectivity index (χ2v) is 6.21. The molecule has 0 aromatic heterocycles. The van der Waals surface area contributed by atoms with Gasteiger partial charge in [0.25, 0.3) is 5.91 Å². The highest BCUT2D eigenvalue weighted by Gasteiger charge is 2.29. The third-order valence-electron chi connectivity index (χ3n) is 4.15. The minimum Gasteiger partial charge on any atom is -0.346 e. The summed E-state index contributed by atoms with van der Waals surface area (Å²) in [6, 6.07) is 9.60. The van der Waals surface area contributed by atoms with Crippen molar-refractivity contribution in [1.29, 1.82) is 0 Å². The van der Waals surface area contributed by atoms with Gasteiger partial charge in [-0.3, -0.25) is 9.59 Å². The van der Waals surface area contributed by atoms with Crippen LogP contribution in [0.1, 0.15) is 41.7 Å². The second-order valence-electron chi connectivity index (χ2n) is 6.21. The summed E-state index contributed by atoms with van der Waals surface area (Å²) in [5, 5.41) is 5.53. The molecule has 1 aliphatic carbocycles. The molecule has 25 heavy (non-hydrogen) atoms. The number of hydrogen-bond acceptors (Lipinski definition) is 2. The van der Waals surface area contributed by atoms with Crippen LogP contribution in [0.15, 0.2) is 42.5 Å². The molecule has 2 amide bonds. The fourth-order valence-electron chi connectivity index (χ4n) is 2.44. The van der Waals surface area contributed by atoms with E-state index in [9.17, 15) is 18.4 Å². The van der Waals surface area contributed by atoms with E-state index in [4.69, 9.17) is 0 Å². The number of rotatable bonds is 5. The molecule has 1 fully saturated rings. The molecule has 0 spiro atoms. The van der Waals surface area contributed by atoms with Gasteiger partial charge in [0.05, 0.1) is 6.04 Å². The van der Waals surface area contributed by atoms with Crippen molar-refractivity contribution in [3.8, 4) is 0 Å². The van der Waals surface area contributed by atoms with Gasteiger partial charge in [-0.15, -0.1) is 0 Å². The predicted molar refractivity (Wildman–Crippen MR) is 90.0 cm³/mol. The normalized spacial score (nSPS) is 14.7. The van der Waals surface area contributed by atoms with Crippen molar-refractivity contribution in [1.82, 2.24) is 5.32 Å². The number of benzene rings is 2. The van der Waals surface area contributed by atoms with Crippen molar-refractivity contribution in [2.75, 3.05) is 5.32 Å². The molecule has 0 aliphatic heterocycles. The fourth-order valence-corrected chi connectivity index (χ4v) is 2.44. The summed E-state index contributed by atoms with van der Waals surface area (Å²) >= 11 is 0. The van der Waals surface area contributed by atoms with Crippen LogP contribution in [0.5, 0.6) is 0 Å². The van der Waals surface area contributed by atoms with Crippen molar-refractivity contribution in [3.05, 3.63) is 65.2 Å². The van der Waals surface area contributed by atoms with E-state index in [1.54, 1.807) is 31.2 Å². The third-order valence-corrected chi connectivity index (χ3v) is 4.15. The lowest BCUT2D eigenvalue weighted by atomic mass is 10.1. The molecular weight excluding hydrogens is 326 g/mol. The van der Waals surface area contributed by atoms with E-state index < -0.39 is 17.7 Å². The van der Waals surface area contributed by atoms with Crippen LogP contribution >= 0.6 is 0 Å². The van der Waals surface area contributed by atoms with Crippen LogP contribution in [-0.2, 0) is 4.79 Å². The Balaban J connectivity index is 1.61. The topological polar surface area (TPSA) is 58.2 Å². The van der Waals surface area contributed by atoms with Crippen LogP contribution in [-0.4, -0.2) is 11.8 Å². The van der Waals surface area contributed by atoms with Crippen LogP contribution in [0.4, 0.5) is 14.5 Å².